The van der Waals surface area contributed by atoms with Gasteiger partial charge in [0.15, 0.2) is 0 Å². The average molecular weight is 557 g/mol. The second-order valence-corrected chi connectivity index (χ2v) is 14.7. The van der Waals surface area contributed by atoms with Gasteiger partial charge in [0.1, 0.15) is 0 Å². The number of aliphatic hydroxyl groups is 2. The van der Waals surface area contributed by atoms with Gasteiger partial charge < -0.3 is 10.2 Å². The molecule has 5 heteroatoms. The first-order valence-electron chi connectivity index (χ1n) is 14.4. The zero-order valence-electron chi connectivity index (χ0n) is 23.4. The van der Waals surface area contributed by atoms with Crippen LogP contribution in [0.2, 0.25) is 0 Å². The maximum atomic E-state index is 12.8. The Labute approximate surface area is 238 Å². The van der Waals surface area contributed by atoms with E-state index >= 15 is 0 Å². The van der Waals surface area contributed by atoms with E-state index in [1.54, 1.807) is 6.92 Å². The first-order valence-corrected chi connectivity index (χ1v) is 16.6. The van der Waals surface area contributed by atoms with E-state index in [4.69, 9.17) is 0 Å². The number of unbranched alkanes of at least 4 members (excludes halogenated alkanes) is 5. The van der Waals surface area contributed by atoms with E-state index in [0.717, 1.165) is 44.7 Å². The zero-order valence-corrected chi connectivity index (χ0v) is 24.4. The number of hydrogen-bond donors (Lipinski definition) is 2. The Morgan fingerprint density at radius 2 is 0.925 bits per heavy atom. The van der Waals surface area contributed by atoms with Crippen molar-refractivity contribution in [3.63, 3.8) is 0 Å². The van der Waals surface area contributed by atoms with Crippen molar-refractivity contribution in [2.75, 3.05) is 19.4 Å². The van der Waals surface area contributed by atoms with Crippen LogP contribution < -0.4 is 15.9 Å². The molecular formula is C35H41O4P. The molecule has 210 valence electrons. The standard InChI is InChI=1S/C35H41O4P/c1-27-31(35(39)33(26-37)32(25-36)34(27)38)23-15-4-2-3-5-16-24-40(28-17-9-6-10-18-28,29-19-11-7-12-20-29)30-21-13-8-14-22-30/h6-14,17-22,36-37,40H,2-5,15-16,23-26H2,1H3. The average Bonchev–Trinajstić information content (AvgIpc) is 3.01. The van der Waals surface area contributed by atoms with E-state index < -0.39 is 20.5 Å². The van der Waals surface area contributed by atoms with Gasteiger partial charge in [-0.15, -0.1) is 0 Å². The van der Waals surface area contributed by atoms with Gasteiger partial charge in [0.05, 0.1) is 6.61 Å². The molecule has 0 spiro atoms. The summed E-state index contributed by atoms with van der Waals surface area (Å²) >= 11 is 0. The first kappa shape index (κ1) is 29.8. The first-order chi connectivity index (χ1) is 19.5. The molecule has 0 saturated heterocycles. The van der Waals surface area contributed by atoms with Crippen molar-refractivity contribution in [2.45, 2.75) is 51.9 Å². The molecule has 1 aliphatic carbocycles. The quantitative estimate of drug-likeness (QED) is 0.163. The normalized spacial score (nSPS) is 14.7. The van der Waals surface area contributed by atoms with Gasteiger partial charge in [-0.2, -0.15) is 0 Å². The van der Waals surface area contributed by atoms with Crippen LogP contribution in [0.5, 0.6) is 0 Å². The topological polar surface area (TPSA) is 74.6 Å². The number of rotatable bonds is 14. The summed E-state index contributed by atoms with van der Waals surface area (Å²) in [6, 6.07) is 33.1. The summed E-state index contributed by atoms with van der Waals surface area (Å²) < 4.78 is 0. The van der Waals surface area contributed by atoms with E-state index in [2.05, 4.69) is 91.0 Å². The molecule has 3 aromatic carbocycles. The van der Waals surface area contributed by atoms with Gasteiger partial charge in [-0.3, -0.25) is 0 Å². The number of allylic oxidation sites excluding steroid dienone is 2. The van der Waals surface area contributed by atoms with Crippen molar-refractivity contribution in [3.8, 4) is 0 Å². The van der Waals surface area contributed by atoms with Crippen LogP contribution in [0.3, 0.4) is 0 Å². The van der Waals surface area contributed by atoms with Crippen molar-refractivity contribution in [1.29, 1.82) is 0 Å². The molecule has 0 amide bonds. The molecule has 2 N–H and O–H groups in total. The number of carbonyl (C=O) groups excluding carboxylic acids is 2. The fourth-order valence-electron chi connectivity index (χ4n) is 6.13. The molecule has 0 unspecified atom stereocenters. The molecule has 0 saturated carbocycles. The summed E-state index contributed by atoms with van der Waals surface area (Å²) in [5, 5.41) is 23.4. The molecule has 0 bridgehead atoms. The summed E-state index contributed by atoms with van der Waals surface area (Å²) in [6.45, 7) is 0.618. The Balaban J connectivity index is 1.36. The van der Waals surface area contributed by atoms with Gasteiger partial charge in [-0.1, -0.05) is 0 Å². The Bertz CT molecular complexity index is 1250. The fourth-order valence-corrected chi connectivity index (χ4v) is 11.1. The number of benzene rings is 3. The summed E-state index contributed by atoms with van der Waals surface area (Å²) in [4.78, 5) is 25.3. The molecule has 3 aromatic rings. The van der Waals surface area contributed by atoms with E-state index in [1.807, 2.05) is 0 Å². The van der Waals surface area contributed by atoms with Gasteiger partial charge in [0, 0.05) is 0 Å². The van der Waals surface area contributed by atoms with Crippen molar-refractivity contribution in [3.05, 3.63) is 113 Å². The molecule has 1 aliphatic rings. The number of ketones is 2. The SMILES string of the molecule is CC1=C(CCCCCCCC[PH](c2ccccc2)(c2ccccc2)c2ccccc2)C(=O)C(CO)=C(CO)C1=O. The van der Waals surface area contributed by atoms with Crippen molar-refractivity contribution in [1.82, 2.24) is 0 Å². The summed E-state index contributed by atoms with van der Waals surface area (Å²) in [6.07, 6.45) is 8.01. The number of Topliss-reactive ketones (excluding diaryl/α,β-unsaturated/α-hetero) is 2. The van der Waals surface area contributed by atoms with Crippen LogP contribution in [0.15, 0.2) is 113 Å². The second-order valence-electron chi connectivity index (χ2n) is 10.7. The van der Waals surface area contributed by atoms with Gasteiger partial charge in [-0.25, -0.2) is 0 Å². The Hall–Kier alpha value is -3.17. The van der Waals surface area contributed by atoms with Crippen molar-refractivity contribution >= 4 is 34.7 Å². The molecule has 0 aromatic heterocycles. The summed E-state index contributed by atoms with van der Waals surface area (Å²) in [5.41, 5.74) is 0.997. The third-order valence-electron chi connectivity index (χ3n) is 8.32. The Morgan fingerprint density at radius 1 is 0.525 bits per heavy atom. The zero-order chi connectivity index (χ0) is 28.4. The van der Waals surface area contributed by atoms with Crippen molar-refractivity contribution < 1.29 is 19.8 Å². The van der Waals surface area contributed by atoms with Crippen LogP contribution in [0, 0.1) is 0 Å². The van der Waals surface area contributed by atoms with Gasteiger partial charge in [-0.05, 0) is 0 Å². The van der Waals surface area contributed by atoms with Crippen LogP contribution in [0.4, 0.5) is 0 Å². The van der Waals surface area contributed by atoms with Gasteiger partial charge in [0.25, 0.3) is 0 Å². The third kappa shape index (κ3) is 6.41. The van der Waals surface area contributed by atoms with Gasteiger partial charge >= 0.3 is 222 Å². The molecule has 4 nitrogen and oxygen atoms in total. The molecule has 0 aliphatic heterocycles. The molecule has 0 fully saturated rings. The fraction of sp³-hybridized carbons (Fsp3) is 0.314. The van der Waals surface area contributed by atoms with Crippen LogP contribution in [-0.4, -0.2) is 41.2 Å². The van der Waals surface area contributed by atoms with Crippen LogP contribution in [-0.2, 0) is 9.59 Å². The Morgan fingerprint density at radius 3 is 1.38 bits per heavy atom. The molecule has 4 rings (SSSR count). The van der Waals surface area contributed by atoms with Gasteiger partial charge in [0.2, 0.25) is 0 Å². The molecule has 40 heavy (non-hydrogen) atoms. The van der Waals surface area contributed by atoms with Crippen LogP contribution in [0.25, 0.3) is 0 Å². The predicted octanol–water partition coefficient (Wildman–Crippen LogP) is 5.19. The molecular weight excluding hydrogens is 515 g/mol. The Kier molecular flexibility index (Phi) is 10.8. The third-order valence-corrected chi connectivity index (χ3v) is 13.4. The summed E-state index contributed by atoms with van der Waals surface area (Å²) in [7, 11) is -2.18. The van der Waals surface area contributed by atoms with E-state index in [9.17, 15) is 19.8 Å². The minimum atomic E-state index is -2.18. The van der Waals surface area contributed by atoms with Crippen LogP contribution in [0.1, 0.15) is 51.9 Å². The maximum absolute atomic E-state index is 12.8. The van der Waals surface area contributed by atoms with E-state index in [1.165, 1.54) is 15.9 Å². The molecule has 0 heterocycles. The number of hydrogen-bond acceptors (Lipinski definition) is 4. The van der Waals surface area contributed by atoms with E-state index in [-0.39, 0.29) is 22.7 Å². The molecule has 0 atom stereocenters. The van der Waals surface area contributed by atoms with Crippen molar-refractivity contribution in [2.24, 2.45) is 0 Å². The van der Waals surface area contributed by atoms with Crippen LogP contribution >= 0.6 is 7.26 Å². The van der Waals surface area contributed by atoms with E-state index in [0.29, 0.717) is 17.6 Å². The minimum absolute atomic E-state index is 0.0369. The number of aliphatic hydroxyl groups excluding tert-OH is 2. The predicted molar refractivity (Wildman–Crippen MR) is 168 cm³/mol. The summed E-state index contributed by atoms with van der Waals surface area (Å²) in [5.74, 6) is -0.600. The monoisotopic (exact) mass is 556 g/mol. The second kappa shape index (κ2) is 14.5. The molecule has 0 radical (unpaired) electrons. The number of carbonyl (C=O) groups is 2.